The Morgan fingerprint density at radius 1 is 1.18 bits per heavy atom. The molecule has 0 saturated carbocycles. The number of aliphatic hydroxyl groups is 1. The van der Waals surface area contributed by atoms with E-state index in [1.165, 1.54) is 29.1 Å². The van der Waals surface area contributed by atoms with Gasteiger partial charge in [-0.2, -0.15) is 0 Å². The SMILES string of the molecule is Cc1cc(OCC(O)C[NH+]2CC[NH+](C)CC2)ccc1C(C)C. The minimum absolute atomic E-state index is 0.382. The number of ether oxygens (including phenoxy) is 1. The summed E-state index contributed by atoms with van der Waals surface area (Å²) in [6.07, 6.45) is -0.390. The van der Waals surface area contributed by atoms with Gasteiger partial charge in [-0.3, -0.25) is 0 Å². The van der Waals surface area contributed by atoms with Gasteiger partial charge >= 0.3 is 0 Å². The average molecular weight is 308 g/mol. The summed E-state index contributed by atoms with van der Waals surface area (Å²) < 4.78 is 5.78. The second kappa shape index (κ2) is 7.95. The van der Waals surface area contributed by atoms with E-state index < -0.39 is 6.10 Å². The molecule has 1 aromatic rings. The second-order valence-electron chi connectivity index (χ2n) is 7.05. The quantitative estimate of drug-likeness (QED) is 0.648. The van der Waals surface area contributed by atoms with Crippen molar-refractivity contribution in [3.8, 4) is 5.75 Å². The van der Waals surface area contributed by atoms with Gasteiger partial charge in [-0.25, -0.2) is 0 Å². The highest BCUT2D eigenvalue weighted by molar-refractivity contribution is 5.36. The molecule has 0 radical (unpaired) electrons. The molecule has 2 rings (SSSR count). The Balaban J connectivity index is 1.78. The number of benzene rings is 1. The zero-order valence-corrected chi connectivity index (χ0v) is 14.5. The minimum atomic E-state index is -0.390. The average Bonchev–Trinajstić information content (AvgIpc) is 2.47. The molecule has 1 heterocycles. The summed E-state index contributed by atoms with van der Waals surface area (Å²) >= 11 is 0. The van der Waals surface area contributed by atoms with Crippen LogP contribution in [-0.4, -0.2) is 57.6 Å². The third kappa shape index (κ3) is 4.97. The Bertz CT molecular complexity index is 468. The predicted octanol–water partition coefficient (Wildman–Crippen LogP) is -0.729. The van der Waals surface area contributed by atoms with Gasteiger partial charge < -0.3 is 19.6 Å². The molecule has 1 aliphatic heterocycles. The normalized spacial score (nSPS) is 23.5. The molecule has 4 nitrogen and oxygen atoms in total. The number of hydrogen-bond donors (Lipinski definition) is 3. The van der Waals surface area contributed by atoms with E-state index in [0.717, 1.165) is 25.4 Å². The van der Waals surface area contributed by atoms with E-state index in [0.29, 0.717) is 12.5 Å². The maximum absolute atomic E-state index is 10.2. The van der Waals surface area contributed by atoms with Crippen LogP contribution in [0, 0.1) is 6.92 Å². The van der Waals surface area contributed by atoms with Gasteiger partial charge in [0.2, 0.25) is 0 Å². The lowest BCUT2D eigenvalue weighted by Crippen LogP contribution is -3.27. The van der Waals surface area contributed by atoms with Gasteiger partial charge in [0.05, 0.1) is 7.05 Å². The van der Waals surface area contributed by atoms with Crippen LogP contribution in [0.15, 0.2) is 18.2 Å². The summed E-state index contributed by atoms with van der Waals surface area (Å²) in [5.41, 5.74) is 2.62. The lowest BCUT2D eigenvalue weighted by molar-refractivity contribution is -1.00. The zero-order valence-electron chi connectivity index (χ0n) is 14.5. The molecular weight excluding hydrogens is 276 g/mol. The van der Waals surface area contributed by atoms with Crippen molar-refractivity contribution in [3.63, 3.8) is 0 Å². The zero-order chi connectivity index (χ0) is 16.1. The molecule has 3 N–H and O–H groups in total. The maximum atomic E-state index is 10.2. The Morgan fingerprint density at radius 3 is 2.45 bits per heavy atom. The van der Waals surface area contributed by atoms with Crippen molar-refractivity contribution in [2.45, 2.75) is 32.8 Å². The molecular formula is C18H32N2O2+2. The summed E-state index contributed by atoms with van der Waals surface area (Å²) in [7, 11) is 2.24. The smallest absolute Gasteiger partial charge is 0.137 e. The summed E-state index contributed by atoms with van der Waals surface area (Å²) in [5, 5.41) is 10.2. The highest BCUT2D eigenvalue weighted by Crippen LogP contribution is 2.23. The van der Waals surface area contributed by atoms with Crippen LogP contribution < -0.4 is 14.5 Å². The van der Waals surface area contributed by atoms with Crippen molar-refractivity contribution in [1.29, 1.82) is 0 Å². The Hall–Kier alpha value is -1.10. The van der Waals surface area contributed by atoms with Gasteiger partial charge in [-0.15, -0.1) is 0 Å². The third-order valence-electron chi connectivity index (χ3n) is 4.64. The number of rotatable bonds is 6. The molecule has 0 bridgehead atoms. The van der Waals surface area contributed by atoms with Crippen molar-refractivity contribution in [1.82, 2.24) is 0 Å². The van der Waals surface area contributed by atoms with Crippen LogP contribution >= 0.6 is 0 Å². The van der Waals surface area contributed by atoms with Crippen molar-refractivity contribution in [3.05, 3.63) is 29.3 Å². The van der Waals surface area contributed by atoms with Gasteiger partial charge in [0.15, 0.2) is 0 Å². The van der Waals surface area contributed by atoms with Crippen LogP contribution in [0.2, 0.25) is 0 Å². The van der Waals surface area contributed by atoms with E-state index in [4.69, 9.17) is 4.74 Å². The van der Waals surface area contributed by atoms with E-state index in [-0.39, 0.29) is 0 Å². The molecule has 1 fully saturated rings. The topological polar surface area (TPSA) is 38.3 Å². The number of aryl methyl sites for hydroxylation is 1. The molecule has 0 amide bonds. The molecule has 4 heteroatoms. The molecule has 0 aromatic heterocycles. The van der Waals surface area contributed by atoms with Crippen LogP contribution in [0.3, 0.4) is 0 Å². The van der Waals surface area contributed by atoms with Crippen LogP contribution in [0.25, 0.3) is 0 Å². The predicted molar refractivity (Wildman–Crippen MR) is 89.0 cm³/mol. The standard InChI is InChI=1S/C18H30N2O2/c1-14(2)18-6-5-17(11-15(18)3)22-13-16(21)12-20-9-7-19(4)8-10-20/h5-6,11,14,16,21H,7-10,12-13H2,1-4H3/p+2. The summed E-state index contributed by atoms with van der Waals surface area (Å²) in [6.45, 7) is 12.4. The minimum Gasteiger partial charge on any atom is -0.491 e. The van der Waals surface area contributed by atoms with Crippen LogP contribution in [0.5, 0.6) is 5.75 Å². The number of quaternary nitrogens is 2. The second-order valence-corrected chi connectivity index (χ2v) is 7.05. The molecule has 1 unspecified atom stereocenters. The first-order chi connectivity index (χ1) is 10.5. The third-order valence-corrected chi connectivity index (χ3v) is 4.64. The molecule has 1 saturated heterocycles. The fourth-order valence-corrected chi connectivity index (χ4v) is 3.20. The highest BCUT2D eigenvalue weighted by Gasteiger charge is 2.22. The molecule has 1 aliphatic rings. The van der Waals surface area contributed by atoms with Gasteiger partial charge in [0.25, 0.3) is 0 Å². The Kier molecular flexibility index (Phi) is 6.24. The first-order valence-electron chi connectivity index (χ1n) is 8.52. The van der Waals surface area contributed by atoms with Crippen molar-refractivity contribution >= 4 is 0 Å². The van der Waals surface area contributed by atoms with E-state index in [1.807, 2.05) is 6.07 Å². The Labute approximate surface area is 134 Å². The fraction of sp³-hybridized carbons (Fsp3) is 0.667. The lowest BCUT2D eigenvalue weighted by Gasteiger charge is -2.28. The number of piperazine rings is 1. The molecule has 0 aliphatic carbocycles. The first kappa shape index (κ1) is 17.3. The molecule has 1 atom stereocenters. The number of aliphatic hydroxyl groups excluding tert-OH is 1. The van der Waals surface area contributed by atoms with E-state index in [2.05, 4.69) is 40.0 Å². The van der Waals surface area contributed by atoms with Crippen LogP contribution in [0.1, 0.15) is 30.9 Å². The number of hydrogen-bond acceptors (Lipinski definition) is 2. The van der Waals surface area contributed by atoms with E-state index in [9.17, 15) is 5.11 Å². The monoisotopic (exact) mass is 308 g/mol. The largest absolute Gasteiger partial charge is 0.491 e. The maximum Gasteiger partial charge on any atom is 0.137 e. The molecule has 0 spiro atoms. The lowest BCUT2D eigenvalue weighted by atomic mass is 9.98. The first-order valence-corrected chi connectivity index (χ1v) is 8.52. The summed E-state index contributed by atoms with van der Waals surface area (Å²) in [4.78, 5) is 3.09. The fourth-order valence-electron chi connectivity index (χ4n) is 3.20. The van der Waals surface area contributed by atoms with E-state index >= 15 is 0 Å². The van der Waals surface area contributed by atoms with E-state index in [1.54, 1.807) is 4.90 Å². The van der Waals surface area contributed by atoms with Gasteiger partial charge in [0.1, 0.15) is 51.2 Å². The number of nitrogens with one attached hydrogen (secondary N) is 2. The van der Waals surface area contributed by atoms with Crippen molar-refractivity contribution in [2.24, 2.45) is 0 Å². The molecule has 124 valence electrons. The van der Waals surface area contributed by atoms with Gasteiger partial charge in [0, 0.05) is 0 Å². The molecule has 1 aromatic carbocycles. The van der Waals surface area contributed by atoms with Gasteiger partial charge in [-0.05, 0) is 36.1 Å². The number of likely N-dealkylation sites (N-methyl/N-ethyl adjacent to an activating group) is 1. The van der Waals surface area contributed by atoms with Crippen molar-refractivity contribution in [2.75, 3.05) is 46.4 Å². The highest BCUT2D eigenvalue weighted by atomic mass is 16.5. The summed E-state index contributed by atoms with van der Waals surface area (Å²) in [6, 6.07) is 6.23. The molecule has 22 heavy (non-hydrogen) atoms. The van der Waals surface area contributed by atoms with Gasteiger partial charge in [-0.1, -0.05) is 19.9 Å². The Morgan fingerprint density at radius 2 is 1.86 bits per heavy atom. The summed E-state index contributed by atoms with van der Waals surface area (Å²) in [5.74, 6) is 1.39. The van der Waals surface area contributed by atoms with Crippen LogP contribution in [0.4, 0.5) is 0 Å². The van der Waals surface area contributed by atoms with Crippen LogP contribution in [-0.2, 0) is 0 Å². The van der Waals surface area contributed by atoms with Crippen molar-refractivity contribution < 1.29 is 19.6 Å².